The lowest BCUT2D eigenvalue weighted by molar-refractivity contribution is 0.278. The number of aliphatic hydroxyl groups excluding tert-OH is 1. The Morgan fingerprint density at radius 3 is 2.55 bits per heavy atom. The predicted octanol–water partition coefficient (Wildman–Crippen LogP) is 1.15. The third-order valence-corrected chi connectivity index (χ3v) is 2.45. The fourth-order valence-corrected chi connectivity index (χ4v) is 1.78. The number of hydrogen-bond acceptors (Lipinski definition) is 2. The van der Waals surface area contributed by atoms with Crippen molar-refractivity contribution in [2.24, 2.45) is 5.92 Å². The van der Waals surface area contributed by atoms with Crippen molar-refractivity contribution in [3.8, 4) is 0 Å². The minimum atomic E-state index is 0.271. The molecule has 0 aromatic heterocycles. The quantitative estimate of drug-likeness (QED) is 0.600. The normalized spacial score (nSPS) is 20.5. The van der Waals surface area contributed by atoms with Gasteiger partial charge in [0.2, 0.25) is 0 Å². The van der Waals surface area contributed by atoms with Gasteiger partial charge >= 0.3 is 0 Å². The van der Waals surface area contributed by atoms with E-state index in [2.05, 4.69) is 5.32 Å². The summed E-state index contributed by atoms with van der Waals surface area (Å²) in [7, 11) is 0. The number of hydrogen-bond donors (Lipinski definition) is 2. The maximum atomic E-state index is 8.53. The molecule has 0 atom stereocenters. The first-order valence-corrected chi connectivity index (χ1v) is 4.75. The Bertz CT molecular complexity index is 89.6. The van der Waals surface area contributed by atoms with Crippen LogP contribution in [0.4, 0.5) is 0 Å². The van der Waals surface area contributed by atoms with Crippen molar-refractivity contribution >= 4 is 0 Å². The zero-order valence-corrected chi connectivity index (χ0v) is 7.18. The fourth-order valence-electron chi connectivity index (χ4n) is 1.78. The van der Waals surface area contributed by atoms with E-state index < -0.39 is 0 Å². The highest BCUT2D eigenvalue weighted by atomic mass is 16.3. The molecule has 0 radical (unpaired) electrons. The largest absolute Gasteiger partial charge is 0.395 e. The zero-order chi connectivity index (χ0) is 7.94. The molecule has 1 aliphatic rings. The molecule has 0 bridgehead atoms. The van der Waals surface area contributed by atoms with Crippen LogP contribution in [0, 0.1) is 5.92 Å². The molecule has 0 amide bonds. The van der Waals surface area contributed by atoms with Crippen molar-refractivity contribution in [1.82, 2.24) is 5.32 Å². The monoisotopic (exact) mass is 157 g/mol. The second-order valence-electron chi connectivity index (χ2n) is 3.43. The second kappa shape index (κ2) is 5.56. The molecule has 0 aliphatic heterocycles. The summed E-state index contributed by atoms with van der Waals surface area (Å²) in [6.07, 6.45) is 7.02. The van der Waals surface area contributed by atoms with E-state index in [1.165, 1.54) is 32.1 Å². The van der Waals surface area contributed by atoms with Crippen molar-refractivity contribution in [2.45, 2.75) is 32.1 Å². The Hall–Kier alpha value is -0.0800. The van der Waals surface area contributed by atoms with E-state index in [-0.39, 0.29) is 6.61 Å². The lowest BCUT2D eigenvalue weighted by Crippen LogP contribution is -2.26. The van der Waals surface area contributed by atoms with Crippen molar-refractivity contribution in [2.75, 3.05) is 19.7 Å². The second-order valence-corrected chi connectivity index (χ2v) is 3.43. The predicted molar refractivity (Wildman–Crippen MR) is 46.5 cm³/mol. The summed E-state index contributed by atoms with van der Waals surface area (Å²) in [5.41, 5.74) is 0. The van der Waals surface area contributed by atoms with Gasteiger partial charge in [-0.2, -0.15) is 0 Å². The topological polar surface area (TPSA) is 32.3 Å². The van der Waals surface area contributed by atoms with Crippen LogP contribution in [-0.2, 0) is 0 Å². The Morgan fingerprint density at radius 2 is 1.91 bits per heavy atom. The van der Waals surface area contributed by atoms with E-state index in [0.29, 0.717) is 0 Å². The molecule has 0 spiro atoms. The van der Waals surface area contributed by atoms with Gasteiger partial charge in [0.25, 0.3) is 0 Å². The highest BCUT2D eigenvalue weighted by molar-refractivity contribution is 4.67. The first kappa shape index (κ1) is 9.01. The molecule has 66 valence electrons. The first-order chi connectivity index (χ1) is 5.43. The maximum absolute atomic E-state index is 8.53. The summed E-state index contributed by atoms with van der Waals surface area (Å²) < 4.78 is 0. The van der Waals surface area contributed by atoms with Gasteiger partial charge < -0.3 is 10.4 Å². The van der Waals surface area contributed by atoms with Crippen LogP contribution in [0.25, 0.3) is 0 Å². The minimum Gasteiger partial charge on any atom is -0.395 e. The molecule has 0 heterocycles. The molecule has 0 unspecified atom stereocenters. The molecule has 0 saturated heterocycles. The molecule has 0 aromatic rings. The molecule has 2 nitrogen and oxygen atoms in total. The summed E-state index contributed by atoms with van der Waals surface area (Å²) >= 11 is 0. The van der Waals surface area contributed by atoms with E-state index in [4.69, 9.17) is 5.11 Å². The smallest absolute Gasteiger partial charge is 0.0555 e. The third kappa shape index (κ3) is 3.73. The highest BCUT2D eigenvalue weighted by Gasteiger charge is 2.11. The van der Waals surface area contributed by atoms with Crippen LogP contribution in [0.1, 0.15) is 32.1 Å². The summed E-state index contributed by atoms with van der Waals surface area (Å²) in [6.45, 7) is 2.14. The molecule has 0 aromatic carbocycles. The van der Waals surface area contributed by atoms with Crippen molar-refractivity contribution in [1.29, 1.82) is 0 Å². The number of aliphatic hydroxyl groups is 1. The van der Waals surface area contributed by atoms with Crippen LogP contribution < -0.4 is 5.32 Å². The lowest BCUT2D eigenvalue weighted by atomic mass is 9.89. The molecular weight excluding hydrogens is 138 g/mol. The van der Waals surface area contributed by atoms with Crippen molar-refractivity contribution in [3.63, 3.8) is 0 Å². The molecule has 1 fully saturated rings. The lowest BCUT2D eigenvalue weighted by Gasteiger charge is -2.21. The average Bonchev–Trinajstić information content (AvgIpc) is 2.07. The van der Waals surface area contributed by atoms with E-state index in [1.54, 1.807) is 0 Å². The molecule has 1 rings (SSSR count). The van der Waals surface area contributed by atoms with E-state index >= 15 is 0 Å². The van der Waals surface area contributed by atoms with Crippen molar-refractivity contribution < 1.29 is 5.11 Å². The first-order valence-electron chi connectivity index (χ1n) is 4.75. The van der Waals surface area contributed by atoms with Crippen LogP contribution in [0.5, 0.6) is 0 Å². The van der Waals surface area contributed by atoms with Crippen molar-refractivity contribution in [3.05, 3.63) is 0 Å². The number of rotatable bonds is 4. The fraction of sp³-hybridized carbons (Fsp3) is 1.00. The molecule has 1 aliphatic carbocycles. The van der Waals surface area contributed by atoms with Crippen LogP contribution in [-0.4, -0.2) is 24.8 Å². The van der Waals surface area contributed by atoms with E-state index in [0.717, 1.165) is 19.0 Å². The van der Waals surface area contributed by atoms with Crippen LogP contribution >= 0.6 is 0 Å². The van der Waals surface area contributed by atoms with Gasteiger partial charge in [0.1, 0.15) is 0 Å². The average molecular weight is 157 g/mol. The van der Waals surface area contributed by atoms with Crippen LogP contribution in [0.15, 0.2) is 0 Å². The Balaban J connectivity index is 1.96. The maximum Gasteiger partial charge on any atom is 0.0555 e. The van der Waals surface area contributed by atoms with Gasteiger partial charge in [-0.15, -0.1) is 0 Å². The van der Waals surface area contributed by atoms with E-state index in [1.807, 2.05) is 0 Å². The summed E-state index contributed by atoms with van der Waals surface area (Å²) in [5, 5.41) is 11.8. The minimum absolute atomic E-state index is 0.271. The molecule has 1 saturated carbocycles. The SMILES string of the molecule is OCCNCC1CCCCC1. The van der Waals surface area contributed by atoms with Gasteiger partial charge in [0, 0.05) is 6.54 Å². The Kier molecular flexibility index (Phi) is 4.55. The molecular formula is C9H19NO. The third-order valence-electron chi connectivity index (χ3n) is 2.45. The van der Waals surface area contributed by atoms with Gasteiger partial charge in [-0.25, -0.2) is 0 Å². The summed E-state index contributed by atoms with van der Waals surface area (Å²) in [5.74, 6) is 0.885. The van der Waals surface area contributed by atoms with Gasteiger partial charge in [-0.3, -0.25) is 0 Å². The Labute approximate surface area is 69.0 Å². The molecule has 2 N–H and O–H groups in total. The Morgan fingerprint density at radius 1 is 1.18 bits per heavy atom. The molecule has 2 heteroatoms. The summed E-state index contributed by atoms with van der Waals surface area (Å²) in [6, 6.07) is 0. The van der Waals surface area contributed by atoms with Crippen LogP contribution in [0.3, 0.4) is 0 Å². The van der Waals surface area contributed by atoms with Crippen LogP contribution in [0.2, 0.25) is 0 Å². The van der Waals surface area contributed by atoms with Gasteiger partial charge in [0.15, 0.2) is 0 Å². The van der Waals surface area contributed by atoms with Gasteiger partial charge in [0.05, 0.1) is 6.61 Å². The number of nitrogens with one attached hydrogen (secondary N) is 1. The highest BCUT2D eigenvalue weighted by Crippen LogP contribution is 2.22. The summed E-state index contributed by atoms with van der Waals surface area (Å²) in [4.78, 5) is 0. The van der Waals surface area contributed by atoms with Gasteiger partial charge in [-0.1, -0.05) is 19.3 Å². The zero-order valence-electron chi connectivity index (χ0n) is 7.18. The standard InChI is InChI=1S/C9H19NO/c11-7-6-10-8-9-4-2-1-3-5-9/h9-11H,1-8H2. The van der Waals surface area contributed by atoms with Gasteiger partial charge in [-0.05, 0) is 25.3 Å². The van der Waals surface area contributed by atoms with E-state index in [9.17, 15) is 0 Å². The molecule has 11 heavy (non-hydrogen) atoms.